The average molecular weight is 318 g/mol. The third-order valence-electron chi connectivity index (χ3n) is 4.52. The first-order chi connectivity index (χ1) is 10.7. The maximum Gasteiger partial charge on any atom is 0.349 e. The van der Waals surface area contributed by atoms with Crippen molar-refractivity contribution in [3.05, 3.63) is 28.0 Å². The minimum Gasteiger partial charge on any atom is -0.442 e. The number of esters is 1. The largest absolute Gasteiger partial charge is 0.442 e. The van der Waals surface area contributed by atoms with Crippen LogP contribution >= 0.6 is 0 Å². The van der Waals surface area contributed by atoms with Crippen LogP contribution in [0, 0.1) is 35.5 Å². The van der Waals surface area contributed by atoms with Gasteiger partial charge in [0, 0.05) is 12.1 Å². The van der Waals surface area contributed by atoms with Crippen molar-refractivity contribution in [3.8, 4) is 6.07 Å². The third-order valence-corrected chi connectivity index (χ3v) is 4.52. The molecule has 124 valence electrons. The smallest absolute Gasteiger partial charge is 0.349 e. The second-order valence-corrected chi connectivity index (χ2v) is 6.45. The monoisotopic (exact) mass is 318 g/mol. The van der Waals surface area contributed by atoms with E-state index < -0.39 is 0 Å². The molecule has 0 saturated heterocycles. The zero-order valence-electron chi connectivity index (χ0n) is 14.2. The number of carbonyl (C=O) groups excluding carboxylic acids is 1. The molecular formula is C16H22N4O3. The number of ether oxygens (including phenoxy) is 1. The molecule has 23 heavy (non-hydrogen) atoms. The van der Waals surface area contributed by atoms with Crippen LogP contribution in [0.15, 0.2) is 16.4 Å². The Labute approximate surface area is 135 Å². The van der Waals surface area contributed by atoms with E-state index in [2.05, 4.69) is 11.2 Å². The van der Waals surface area contributed by atoms with Gasteiger partial charge in [-0.05, 0) is 32.1 Å². The van der Waals surface area contributed by atoms with E-state index in [0.717, 1.165) is 4.68 Å². The van der Waals surface area contributed by atoms with Crippen molar-refractivity contribution >= 4 is 5.97 Å². The minimum absolute atomic E-state index is 0.0127. The fraction of sp³-hybridized carbons (Fsp3) is 0.625. The maximum atomic E-state index is 12.3. The van der Waals surface area contributed by atoms with E-state index in [1.54, 1.807) is 13.8 Å². The van der Waals surface area contributed by atoms with Crippen LogP contribution in [0.4, 0.5) is 0 Å². The summed E-state index contributed by atoms with van der Waals surface area (Å²) >= 11 is 0. The molecule has 0 aliphatic heterocycles. The lowest BCUT2D eigenvalue weighted by Crippen LogP contribution is -2.27. The van der Waals surface area contributed by atoms with Crippen LogP contribution in [0.25, 0.3) is 0 Å². The number of carbonyl (C=O) groups is 1. The standard InChI is InChI=1S/C16H22N4O3/c1-6-19-11(3)18-20(15(19)22)9-23-14(21)13-12(16(13,4)5)7-10(2)8-17/h7,12-13H,6,9H2,1-5H3. The van der Waals surface area contributed by atoms with E-state index in [9.17, 15) is 9.59 Å². The number of aryl methyl sites for hydroxylation is 1. The first-order valence-corrected chi connectivity index (χ1v) is 7.63. The Bertz CT molecular complexity index is 748. The number of aromatic nitrogens is 3. The molecule has 7 nitrogen and oxygen atoms in total. The molecule has 2 atom stereocenters. The van der Waals surface area contributed by atoms with Crippen LogP contribution in [0.5, 0.6) is 0 Å². The van der Waals surface area contributed by atoms with Gasteiger partial charge in [-0.25, -0.2) is 4.79 Å². The summed E-state index contributed by atoms with van der Waals surface area (Å²) < 4.78 is 7.92. The molecule has 0 N–H and O–H groups in total. The molecule has 1 aliphatic carbocycles. The zero-order valence-corrected chi connectivity index (χ0v) is 14.2. The summed E-state index contributed by atoms with van der Waals surface area (Å²) in [6, 6.07) is 2.07. The van der Waals surface area contributed by atoms with Gasteiger partial charge in [0.1, 0.15) is 5.82 Å². The van der Waals surface area contributed by atoms with Crippen molar-refractivity contribution in [2.75, 3.05) is 0 Å². The summed E-state index contributed by atoms with van der Waals surface area (Å²) in [6.07, 6.45) is 1.81. The highest BCUT2D eigenvalue weighted by atomic mass is 16.5. The van der Waals surface area contributed by atoms with Gasteiger partial charge in [0.2, 0.25) is 0 Å². The summed E-state index contributed by atoms with van der Waals surface area (Å²) in [4.78, 5) is 24.3. The van der Waals surface area contributed by atoms with Crippen LogP contribution in [0.2, 0.25) is 0 Å². The van der Waals surface area contributed by atoms with Crippen LogP contribution < -0.4 is 5.69 Å². The van der Waals surface area contributed by atoms with Crippen molar-refractivity contribution in [2.24, 2.45) is 17.3 Å². The quantitative estimate of drug-likeness (QED) is 0.608. The molecular weight excluding hydrogens is 296 g/mol. The molecule has 1 saturated carbocycles. The van der Waals surface area contributed by atoms with E-state index >= 15 is 0 Å². The normalized spacial score (nSPS) is 22.5. The Morgan fingerprint density at radius 2 is 2.17 bits per heavy atom. The van der Waals surface area contributed by atoms with Gasteiger partial charge >= 0.3 is 11.7 Å². The second kappa shape index (κ2) is 6.03. The number of nitrogens with zero attached hydrogens (tertiary/aromatic N) is 4. The summed E-state index contributed by atoms with van der Waals surface area (Å²) in [5.74, 6) is -0.0829. The lowest BCUT2D eigenvalue weighted by atomic mass is 10.1. The van der Waals surface area contributed by atoms with Crippen LogP contribution in [0.1, 0.15) is 33.5 Å². The average Bonchev–Trinajstić information content (AvgIpc) is 2.90. The van der Waals surface area contributed by atoms with E-state index in [1.807, 2.05) is 26.8 Å². The molecule has 0 amide bonds. The number of allylic oxidation sites excluding steroid dienone is 2. The summed E-state index contributed by atoms with van der Waals surface area (Å²) in [7, 11) is 0. The van der Waals surface area contributed by atoms with Gasteiger partial charge in [0.25, 0.3) is 0 Å². The van der Waals surface area contributed by atoms with Gasteiger partial charge in [-0.2, -0.15) is 15.0 Å². The summed E-state index contributed by atoms with van der Waals surface area (Å²) in [5.41, 5.74) is 0.0651. The highest BCUT2D eigenvalue weighted by molar-refractivity contribution is 5.78. The molecule has 0 spiro atoms. The fourth-order valence-corrected chi connectivity index (χ4v) is 2.96. The Kier molecular flexibility index (Phi) is 4.46. The first kappa shape index (κ1) is 17.0. The Morgan fingerprint density at radius 3 is 2.70 bits per heavy atom. The van der Waals surface area contributed by atoms with Crippen molar-refractivity contribution in [1.29, 1.82) is 5.26 Å². The molecule has 2 unspecified atom stereocenters. The SMILES string of the molecule is CCn1c(C)nn(COC(=O)C2C(C=C(C)C#N)C2(C)C)c1=O. The molecule has 0 radical (unpaired) electrons. The number of hydrogen-bond acceptors (Lipinski definition) is 5. The molecule has 7 heteroatoms. The molecule has 1 heterocycles. The van der Waals surface area contributed by atoms with Gasteiger partial charge in [0.15, 0.2) is 6.73 Å². The lowest BCUT2D eigenvalue weighted by Gasteiger charge is -2.04. The van der Waals surface area contributed by atoms with Crippen molar-refractivity contribution in [3.63, 3.8) is 0 Å². The molecule has 1 aromatic heterocycles. The van der Waals surface area contributed by atoms with Gasteiger partial charge in [-0.3, -0.25) is 9.36 Å². The van der Waals surface area contributed by atoms with E-state index in [1.165, 1.54) is 4.57 Å². The Morgan fingerprint density at radius 1 is 1.52 bits per heavy atom. The molecule has 2 rings (SSSR count). The molecule has 1 fully saturated rings. The first-order valence-electron chi connectivity index (χ1n) is 7.63. The summed E-state index contributed by atoms with van der Waals surface area (Å²) in [5, 5.41) is 12.9. The lowest BCUT2D eigenvalue weighted by molar-refractivity contribution is -0.150. The van der Waals surface area contributed by atoms with Gasteiger partial charge < -0.3 is 4.74 Å². The molecule has 0 bridgehead atoms. The maximum absolute atomic E-state index is 12.3. The van der Waals surface area contributed by atoms with Crippen molar-refractivity contribution < 1.29 is 9.53 Å². The van der Waals surface area contributed by atoms with Gasteiger partial charge in [-0.1, -0.05) is 19.9 Å². The summed E-state index contributed by atoms with van der Waals surface area (Å²) in [6.45, 7) is 9.57. The van der Waals surface area contributed by atoms with Gasteiger partial charge in [0.05, 0.1) is 12.0 Å². The second-order valence-electron chi connectivity index (χ2n) is 6.45. The Hall–Kier alpha value is -2.36. The van der Waals surface area contributed by atoms with Crippen molar-refractivity contribution in [1.82, 2.24) is 14.3 Å². The number of rotatable bonds is 5. The zero-order chi connectivity index (χ0) is 17.4. The van der Waals surface area contributed by atoms with Crippen LogP contribution in [0.3, 0.4) is 0 Å². The minimum atomic E-state index is -0.363. The molecule has 1 aliphatic rings. The van der Waals surface area contributed by atoms with Gasteiger partial charge in [-0.15, -0.1) is 0 Å². The highest BCUT2D eigenvalue weighted by Crippen LogP contribution is 2.59. The number of nitriles is 1. The van der Waals surface area contributed by atoms with E-state index in [4.69, 9.17) is 10.00 Å². The van der Waals surface area contributed by atoms with E-state index in [-0.39, 0.29) is 35.6 Å². The third kappa shape index (κ3) is 3.07. The predicted molar refractivity (Wildman–Crippen MR) is 83.1 cm³/mol. The molecule has 1 aromatic rings. The molecule has 0 aromatic carbocycles. The van der Waals surface area contributed by atoms with Crippen LogP contribution in [-0.2, 0) is 22.8 Å². The Balaban J connectivity index is 2.04. The predicted octanol–water partition coefficient (Wildman–Crippen LogP) is 1.62. The fourth-order valence-electron chi connectivity index (χ4n) is 2.96. The van der Waals surface area contributed by atoms with E-state index in [0.29, 0.717) is 17.9 Å². The van der Waals surface area contributed by atoms with Crippen LogP contribution in [-0.4, -0.2) is 20.3 Å². The van der Waals surface area contributed by atoms with Crippen molar-refractivity contribution in [2.45, 2.75) is 47.9 Å². The topological polar surface area (TPSA) is 89.9 Å². The number of hydrogen-bond donors (Lipinski definition) is 0. The highest BCUT2D eigenvalue weighted by Gasteiger charge is 2.61.